The van der Waals surface area contributed by atoms with Crippen LogP contribution in [0.15, 0.2) is 12.1 Å². The molecule has 0 aliphatic heterocycles. The Morgan fingerprint density at radius 1 is 1.31 bits per heavy atom. The largest absolute Gasteiger partial charge is 0.293 e. The number of Topliss-reactive ketones (excluding diaryl/α,β-unsaturated/α-hetero) is 1. The van der Waals surface area contributed by atoms with Crippen LogP contribution in [0.1, 0.15) is 30.3 Å². The molecule has 0 unspecified atom stereocenters. The fraction of sp³-hybridized carbons (Fsp3) is 0.273. The van der Waals surface area contributed by atoms with Crippen molar-refractivity contribution in [2.45, 2.75) is 19.8 Å². The van der Waals surface area contributed by atoms with E-state index in [9.17, 15) is 4.79 Å². The highest BCUT2D eigenvalue weighted by molar-refractivity contribution is 5.91. The summed E-state index contributed by atoms with van der Waals surface area (Å²) in [4.78, 5) is 15.3. The minimum atomic E-state index is 0.0294. The highest BCUT2D eigenvalue weighted by Crippen LogP contribution is 1.95. The molecule has 1 heterocycles. The van der Waals surface area contributed by atoms with Gasteiger partial charge in [-0.2, -0.15) is 0 Å². The first kappa shape index (κ1) is 8.17. The van der Waals surface area contributed by atoms with Crippen molar-refractivity contribution < 1.29 is 4.79 Å². The molecule has 0 saturated heterocycles. The van der Waals surface area contributed by atoms with Crippen molar-refractivity contribution in [2.24, 2.45) is 0 Å². The predicted octanol–water partition coefficient (Wildman–Crippen LogP) is 0.639. The van der Waals surface area contributed by atoms with Crippen LogP contribution in [0.3, 0.4) is 0 Å². The molecular weight excluding hydrogens is 162 g/mol. The van der Waals surface area contributed by atoms with Gasteiger partial charge in [0.2, 0.25) is 0 Å². The Morgan fingerprint density at radius 2 is 2.08 bits per heavy atom. The van der Waals surface area contributed by atoms with Crippen LogP contribution in [0.25, 0.3) is 12.2 Å². The minimum Gasteiger partial charge on any atom is -0.293 e. The normalized spacial score (nSPS) is 13.9. The first-order valence-corrected chi connectivity index (χ1v) is 4.46. The average molecular weight is 173 g/mol. The minimum absolute atomic E-state index is 0.0294. The molecule has 0 spiro atoms. The van der Waals surface area contributed by atoms with Gasteiger partial charge in [0, 0.05) is 6.92 Å². The zero-order valence-electron chi connectivity index (χ0n) is 7.58. The Hall–Kier alpha value is -1.44. The quantitative estimate of drug-likeness (QED) is 0.583. The Labute approximate surface area is 76.6 Å². The van der Waals surface area contributed by atoms with E-state index in [1.54, 1.807) is 13.0 Å². The molecule has 1 aliphatic carbocycles. The van der Waals surface area contributed by atoms with Gasteiger partial charge in [-0.15, -0.1) is 0 Å². The van der Waals surface area contributed by atoms with Crippen molar-refractivity contribution in [3.63, 3.8) is 0 Å². The van der Waals surface area contributed by atoms with Crippen LogP contribution in [0, 0.1) is 0 Å². The molecule has 0 radical (unpaired) electrons. The topological polar surface area (TPSA) is 30.0 Å². The monoisotopic (exact) mass is 173 g/mol. The van der Waals surface area contributed by atoms with E-state index in [1.165, 1.54) is 0 Å². The van der Waals surface area contributed by atoms with Gasteiger partial charge >= 0.3 is 0 Å². The summed E-state index contributed by atoms with van der Waals surface area (Å²) in [5.41, 5.74) is 0.560. The zero-order valence-corrected chi connectivity index (χ0v) is 7.58. The second-order valence-corrected chi connectivity index (χ2v) is 3.21. The van der Waals surface area contributed by atoms with Crippen LogP contribution in [0.5, 0.6) is 0 Å². The van der Waals surface area contributed by atoms with Gasteiger partial charge in [0.15, 0.2) is 5.78 Å². The molecule has 2 heteroatoms. The number of fused-ring (bicyclic) bond motifs is 1. The molecule has 13 heavy (non-hydrogen) atoms. The van der Waals surface area contributed by atoms with Crippen LogP contribution in [-0.4, -0.2) is 10.8 Å². The van der Waals surface area contributed by atoms with Crippen molar-refractivity contribution in [3.8, 4) is 0 Å². The van der Waals surface area contributed by atoms with Crippen molar-refractivity contribution >= 4 is 17.9 Å². The highest BCUT2D eigenvalue weighted by Gasteiger charge is 2.01. The number of hydrogen-bond donors (Lipinski definition) is 0. The Balaban J connectivity index is 2.67. The molecule has 0 N–H and O–H groups in total. The maximum atomic E-state index is 11.0. The molecule has 0 atom stereocenters. The van der Waals surface area contributed by atoms with Crippen LogP contribution in [-0.2, 0) is 0 Å². The van der Waals surface area contributed by atoms with E-state index in [0.717, 1.165) is 23.4 Å². The first-order valence-electron chi connectivity index (χ1n) is 4.46. The maximum Gasteiger partial charge on any atom is 0.178 e. The van der Waals surface area contributed by atoms with E-state index in [4.69, 9.17) is 0 Å². The average Bonchev–Trinajstić information content (AvgIpc) is 2.17. The van der Waals surface area contributed by atoms with Gasteiger partial charge in [-0.05, 0) is 24.1 Å². The van der Waals surface area contributed by atoms with Crippen molar-refractivity contribution in [3.05, 3.63) is 28.4 Å². The lowest BCUT2D eigenvalue weighted by Crippen LogP contribution is -2.31. The third-order valence-electron chi connectivity index (χ3n) is 2.19. The first-order chi connectivity index (χ1) is 6.27. The number of hydrogen-bond acceptors (Lipinski definition) is 2. The number of pyridine rings is 1. The van der Waals surface area contributed by atoms with Gasteiger partial charge in [-0.3, -0.25) is 4.79 Å². The smallest absolute Gasteiger partial charge is 0.178 e. The third-order valence-corrected chi connectivity index (χ3v) is 2.19. The lowest BCUT2D eigenvalue weighted by Gasteiger charge is -2.00. The predicted molar refractivity (Wildman–Crippen MR) is 51.7 cm³/mol. The highest BCUT2D eigenvalue weighted by atomic mass is 16.1. The lowest BCUT2D eigenvalue weighted by atomic mass is 10.1. The van der Waals surface area contributed by atoms with E-state index in [-0.39, 0.29) is 5.78 Å². The molecule has 1 aliphatic rings. The molecule has 0 fully saturated rings. The lowest BCUT2D eigenvalue weighted by molar-refractivity contribution is 0.101. The van der Waals surface area contributed by atoms with Crippen LogP contribution >= 0.6 is 0 Å². The molecule has 1 aromatic rings. The summed E-state index contributed by atoms with van der Waals surface area (Å²) in [5.74, 6) is 0.0294. The zero-order chi connectivity index (χ0) is 9.26. The van der Waals surface area contributed by atoms with Gasteiger partial charge in [-0.25, -0.2) is 4.98 Å². The van der Waals surface area contributed by atoms with E-state index in [0.29, 0.717) is 5.69 Å². The molecule has 1 aromatic heterocycles. The Bertz CT molecular complexity index is 459. The van der Waals surface area contributed by atoms with Crippen LogP contribution < -0.4 is 10.6 Å². The Kier molecular flexibility index (Phi) is 1.97. The molecule has 0 aromatic carbocycles. The Morgan fingerprint density at radius 3 is 2.85 bits per heavy atom. The van der Waals surface area contributed by atoms with Crippen molar-refractivity contribution in [1.82, 2.24) is 4.98 Å². The molecular formula is C11H11NO. The number of carbonyl (C=O) groups excluding carboxylic acids is 1. The summed E-state index contributed by atoms with van der Waals surface area (Å²) in [6.07, 6.45) is 6.35. The summed E-state index contributed by atoms with van der Waals surface area (Å²) in [5, 5.41) is 2.11. The number of aromatic nitrogens is 1. The van der Waals surface area contributed by atoms with Crippen molar-refractivity contribution in [1.29, 1.82) is 0 Å². The number of rotatable bonds is 1. The van der Waals surface area contributed by atoms with Gasteiger partial charge in [0.05, 0.1) is 5.35 Å². The van der Waals surface area contributed by atoms with Crippen molar-refractivity contribution in [2.75, 3.05) is 0 Å². The third kappa shape index (κ3) is 1.52. The number of nitrogens with zero attached hydrogens (tertiary/aromatic N) is 1. The molecule has 0 saturated carbocycles. The van der Waals surface area contributed by atoms with E-state index < -0.39 is 0 Å². The van der Waals surface area contributed by atoms with Gasteiger partial charge in [0.25, 0.3) is 0 Å². The molecule has 0 amide bonds. The summed E-state index contributed by atoms with van der Waals surface area (Å²) >= 11 is 0. The van der Waals surface area contributed by atoms with Gasteiger partial charge < -0.3 is 0 Å². The van der Waals surface area contributed by atoms with E-state index in [2.05, 4.69) is 17.1 Å². The van der Waals surface area contributed by atoms with Crippen LogP contribution in [0.4, 0.5) is 0 Å². The fourth-order valence-electron chi connectivity index (χ4n) is 1.48. The second-order valence-electron chi connectivity index (χ2n) is 3.21. The SMILES string of the molecule is CC(=O)c1ccc2c(n1)=CCCC=2. The fourth-order valence-corrected chi connectivity index (χ4v) is 1.48. The molecule has 2 rings (SSSR count). The van der Waals surface area contributed by atoms with E-state index >= 15 is 0 Å². The summed E-state index contributed by atoms with van der Waals surface area (Å²) in [6.45, 7) is 1.54. The molecule has 0 bridgehead atoms. The number of ketones is 1. The standard InChI is InChI=1S/C11H11NO/c1-8(13)10-7-6-9-4-2-3-5-11(9)12-10/h4-7H,2-3H2,1H3. The second kappa shape index (κ2) is 3.13. The van der Waals surface area contributed by atoms with Crippen LogP contribution in [0.2, 0.25) is 0 Å². The number of carbonyl (C=O) groups is 1. The van der Waals surface area contributed by atoms with Gasteiger partial charge in [0.1, 0.15) is 5.69 Å². The van der Waals surface area contributed by atoms with Gasteiger partial charge in [-0.1, -0.05) is 18.2 Å². The summed E-state index contributed by atoms with van der Waals surface area (Å²) in [7, 11) is 0. The van der Waals surface area contributed by atoms with E-state index in [1.807, 2.05) is 6.07 Å². The maximum absolute atomic E-state index is 11.0. The molecule has 2 nitrogen and oxygen atoms in total. The molecule has 66 valence electrons. The summed E-state index contributed by atoms with van der Waals surface area (Å²) in [6, 6.07) is 3.76. The summed E-state index contributed by atoms with van der Waals surface area (Å²) < 4.78 is 0.